The molecule has 8 heteroatoms. The summed E-state index contributed by atoms with van der Waals surface area (Å²) < 4.78 is 11.4. The summed E-state index contributed by atoms with van der Waals surface area (Å²) in [7, 11) is 3.16. The number of fused-ring (bicyclic) bond motifs is 1. The Labute approximate surface area is 174 Å². The molecule has 3 heterocycles. The molecule has 2 bridgehead atoms. The monoisotopic (exact) mass is 411 g/mol. The number of rotatable bonds is 6. The first-order chi connectivity index (χ1) is 14.5. The molecule has 0 radical (unpaired) electrons. The number of hydrogen-bond donors (Lipinski definition) is 2. The van der Waals surface area contributed by atoms with Crippen LogP contribution in [0.5, 0.6) is 5.75 Å². The molecule has 3 fully saturated rings. The molecule has 3 aliphatic heterocycles. The van der Waals surface area contributed by atoms with Crippen LogP contribution >= 0.6 is 0 Å². The summed E-state index contributed by atoms with van der Waals surface area (Å²) in [5.41, 5.74) is -0.151. The highest BCUT2D eigenvalue weighted by molar-refractivity contribution is 6.00. The first-order valence-electron chi connectivity index (χ1n) is 10.3. The smallest absolute Gasteiger partial charge is 0.246 e. The van der Waals surface area contributed by atoms with E-state index in [4.69, 9.17) is 9.47 Å². The summed E-state index contributed by atoms with van der Waals surface area (Å²) in [5.74, 6) is -1.15. The van der Waals surface area contributed by atoms with Crippen LogP contribution in [0.25, 0.3) is 0 Å². The van der Waals surface area contributed by atoms with Crippen LogP contribution < -0.4 is 15.4 Å². The van der Waals surface area contributed by atoms with E-state index >= 15 is 0 Å². The third kappa shape index (κ3) is 2.66. The van der Waals surface area contributed by atoms with Crippen molar-refractivity contribution < 1.29 is 23.9 Å². The number of ether oxygens (including phenoxy) is 2. The van der Waals surface area contributed by atoms with Crippen molar-refractivity contribution >= 4 is 17.7 Å². The van der Waals surface area contributed by atoms with Crippen molar-refractivity contribution in [1.29, 1.82) is 0 Å². The van der Waals surface area contributed by atoms with E-state index in [1.807, 2.05) is 36.4 Å². The standard InChI is InChI=1S/C22H25N3O5/c1-23-19(26)16-15-9-10-22(30-15)17(16)21(28)25(13-5-6-13)18(22)20(27)24-11-12-3-7-14(29-2)8-4-12/h3-4,7-10,13,15-18H,5-6,11H2,1-2H3,(H,23,26)(H,24,27)/t15-,16+,17+,18-,22+/m1/s1. The molecule has 30 heavy (non-hydrogen) atoms. The van der Waals surface area contributed by atoms with Crippen LogP contribution in [0.2, 0.25) is 0 Å². The van der Waals surface area contributed by atoms with Crippen LogP contribution in [-0.2, 0) is 25.7 Å². The van der Waals surface area contributed by atoms with Gasteiger partial charge in [0.2, 0.25) is 17.7 Å². The molecular weight excluding hydrogens is 386 g/mol. The minimum absolute atomic E-state index is 0.0376. The Hall–Kier alpha value is -2.87. The number of carbonyl (C=O) groups excluding carboxylic acids is 3. The van der Waals surface area contributed by atoms with E-state index in [0.717, 1.165) is 24.2 Å². The maximum absolute atomic E-state index is 13.4. The normalized spacial score (nSPS) is 33.5. The number of likely N-dealkylation sites (tertiary alicyclic amines) is 1. The molecule has 3 amide bonds. The fourth-order valence-corrected chi connectivity index (χ4v) is 5.15. The molecule has 2 N–H and O–H groups in total. The van der Waals surface area contributed by atoms with E-state index < -0.39 is 29.6 Å². The number of carbonyl (C=O) groups is 3. The molecule has 1 saturated carbocycles. The molecule has 5 rings (SSSR count). The third-order valence-corrected chi connectivity index (χ3v) is 6.68. The Bertz CT molecular complexity index is 925. The van der Waals surface area contributed by atoms with Gasteiger partial charge in [-0.05, 0) is 30.5 Å². The van der Waals surface area contributed by atoms with Crippen LogP contribution in [0.15, 0.2) is 36.4 Å². The predicted molar refractivity (Wildman–Crippen MR) is 106 cm³/mol. The van der Waals surface area contributed by atoms with Gasteiger partial charge in [-0.1, -0.05) is 24.3 Å². The van der Waals surface area contributed by atoms with Gasteiger partial charge in [-0.2, -0.15) is 0 Å². The minimum atomic E-state index is -1.08. The lowest BCUT2D eigenvalue weighted by molar-refractivity contribution is -0.142. The molecule has 5 atom stereocenters. The van der Waals surface area contributed by atoms with Gasteiger partial charge in [-0.15, -0.1) is 0 Å². The van der Waals surface area contributed by atoms with Gasteiger partial charge in [-0.3, -0.25) is 14.4 Å². The number of amides is 3. The van der Waals surface area contributed by atoms with Crippen molar-refractivity contribution in [3.63, 3.8) is 0 Å². The molecule has 0 aromatic heterocycles. The van der Waals surface area contributed by atoms with Gasteiger partial charge in [0.05, 0.1) is 25.0 Å². The fourth-order valence-electron chi connectivity index (χ4n) is 5.15. The van der Waals surface area contributed by atoms with E-state index in [0.29, 0.717) is 6.54 Å². The Morgan fingerprint density at radius 1 is 1.23 bits per heavy atom. The van der Waals surface area contributed by atoms with Crippen molar-refractivity contribution in [2.24, 2.45) is 11.8 Å². The number of benzene rings is 1. The van der Waals surface area contributed by atoms with Crippen molar-refractivity contribution in [1.82, 2.24) is 15.5 Å². The Morgan fingerprint density at radius 2 is 1.97 bits per heavy atom. The van der Waals surface area contributed by atoms with E-state index in [2.05, 4.69) is 10.6 Å². The van der Waals surface area contributed by atoms with Gasteiger partial charge in [0.25, 0.3) is 0 Å². The second-order valence-electron chi connectivity index (χ2n) is 8.36. The topological polar surface area (TPSA) is 97.0 Å². The predicted octanol–water partition coefficient (Wildman–Crippen LogP) is 0.370. The number of nitrogens with zero attached hydrogens (tertiary/aromatic N) is 1. The second-order valence-corrected chi connectivity index (χ2v) is 8.36. The van der Waals surface area contributed by atoms with Crippen molar-refractivity contribution in [2.45, 2.75) is 43.2 Å². The summed E-state index contributed by atoms with van der Waals surface area (Å²) in [6.07, 6.45) is 4.92. The quantitative estimate of drug-likeness (QED) is 0.660. The highest BCUT2D eigenvalue weighted by Gasteiger charge is 2.73. The SMILES string of the molecule is CNC(=O)[C@@H]1[C@H]2C(=O)N(C3CC3)[C@H](C(=O)NCc3ccc(OC)cc3)[C@]23C=C[C@H]1O3. The molecule has 1 aromatic carbocycles. The lowest BCUT2D eigenvalue weighted by Gasteiger charge is -2.32. The van der Waals surface area contributed by atoms with Crippen molar-refractivity contribution in [3.8, 4) is 5.75 Å². The van der Waals surface area contributed by atoms with E-state index in [1.54, 1.807) is 19.1 Å². The fraction of sp³-hybridized carbons (Fsp3) is 0.500. The third-order valence-electron chi connectivity index (χ3n) is 6.68. The second kappa shape index (κ2) is 6.84. The van der Waals surface area contributed by atoms with Crippen LogP contribution in [-0.4, -0.2) is 60.6 Å². The highest BCUT2D eigenvalue weighted by atomic mass is 16.5. The summed E-state index contributed by atoms with van der Waals surface area (Å²) >= 11 is 0. The Balaban J connectivity index is 1.41. The van der Waals surface area contributed by atoms with Gasteiger partial charge >= 0.3 is 0 Å². The van der Waals surface area contributed by atoms with Gasteiger partial charge in [0, 0.05) is 19.6 Å². The van der Waals surface area contributed by atoms with Gasteiger partial charge in [0.1, 0.15) is 17.4 Å². The molecular formula is C22H25N3O5. The number of methoxy groups -OCH3 is 1. The average molecular weight is 411 g/mol. The highest BCUT2D eigenvalue weighted by Crippen LogP contribution is 2.56. The lowest BCUT2D eigenvalue weighted by Crippen LogP contribution is -2.55. The van der Waals surface area contributed by atoms with Crippen molar-refractivity contribution in [2.75, 3.05) is 14.2 Å². The first-order valence-corrected chi connectivity index (χ1v) is 10.3. The summed E-state index contributed by atoms with van der Waals surface area (Å²) in [4.78, 5) is 40.9. The Kier molecular flexibility index (Phi) is 4.36. The van der Waals surface area contributed by atoms with Crippen LogP contribution in [0.1, 0.15) is 18.4 Å². The molecule has 1 spiro atoms. The number of nitrogens with one attached hydrogen (secondary N) is 2. The zero-order valence-electron chi connectivity index (χ0n) is 17.0. The molecule has 4 aliphatic rings. The largest absolute Gasteiger partial charge is 0.497 e. The average Bonchev–Trinajstić information content (AvgIpc) is 3.36. The molecule has 0 unspecified atom stereocenters. The molecule has 1 aromatic rings. The minimum Gasteiger partial charge on any atom is -0.497 e. The number of hydrogen-bond acceptors (Lipinski definition) is 5. The molecule has 1 aliphatic carbocycles. The molecule has 2 saturated heterocycles. The van der Waals surface area contributed by atoms with Crippen LogP contribution in [0.3, 0.4) is 0 Å². The Morgan fingerprint density at radius 3 is 2.60 bits per heavy atom. The molecule has 8 nitrogen and oxygen atoms in total. The first kappa shape index (κ1) is 19.1. The summed E-state index contributed by atoms with van der Waals surface area (Å²) in [6.45, 7) is 0.332. The lowest BCUT2D eigenvalue weighted by atomic mass is 9.74. The van der Waals surface area contributed by atoms with Gasteiger partial charge in [0.15, 0.2) is 0 Å². The van der Waals surface area contributed by atoms with Gasteiger partial charge < -0.3 is 25.0 Å². The zero-order chi connectivity index (χ0) is 21.0. The van der Waals surface area contributed by atoms with Crippen molar-refractivity contribution in [3.05, 3.63) is 42.0 Å². The summed E-state index contributed by atoms with van der Waals surface area (Å²) in [5, 5.41) is 5.62. The zero-order valence-corrected chi connectivity index (χ0v) is 17.0. The maximum atomic E-state index is 13.4. The van der Waals surface area contributed by atoms with Crippen LogP contribution in [0, 0.1) is 11.8 Å². The van der Waals surface area contributed by atoms with E-state index in [-0.39, 0.29) is 23.8 Å². The van der Waals surface area contributed by atoms with E-state index in [1.165, 1.54) is 0 Å². The molecule has 158 valence electrons. The maximum Gasteiger partial charge on any atom is 0.246 e. The van der Waals surface area contributed by atoms with Crippen LogP contribution in [0.4, 0.5) is 0 Å². The van der Waals surface area contributed by atoms with E-state index in [9.17, 15) is 14.4 Å². The van der Waals surface area contributed by atoms with Gasteiger partial charge in [-0.25, -0.2) is 0 Å². The summed E-state index contributed by atoms with van der Waals surface area (Å²) in [6, 6.07) is 6.72.